The third-order valence-corrected chi connectivity index (χ3v) is 3.17. The summed E-state index contributed by atoms with van der Waals surface area (Å²) in [6.45, 7) is 2.56. The van der Waals surface area contributed by atoms with Crippen molar-refractivity contribution in [3.05, 3.63) is 64.2 Å². The van der Waals surface area contributed by atoms with Crippen LogP contribution < -0.4 is 11.0 Å². The van der Waals surface area contributed by atoms with Crippen molar-refractivity contribution in [2.75, 3.05) is 5.32 Å². The monoisotopic (exact) mass is 282 g/mol. The molecule has 0 bridgehead atoms. The number of aryl methyl sites for hydroxylation is 1. The molecule has 0 aliphatic heterocycles. The lowest BCUT2D eigenvalue weighted by Gasteiger charge is -2.09. The number of fused-ring (bicyclic) bond motifs is 1. The number of aromatic nitrogens is 3. The molecule has 0 aliphatic rings. The van der Waals surface area contributed by atoms with Crippen LogP contribution in [-0.2, 0) is 6.54 Å². The first-order valence-corrected chi connectivity index (χ1v) is 6.51. The van der Waals surface area contributed by atoms with E-state index in [0.717, 1.165) is 5.56 Å². The molecular weight excluding hydrogens is 268 g/mol. The molecule has 0 radical (unpaired) electrons. The van der Waals surface area contributed by atoms with Gasteiger partial charge in [0.25, 0.3) is 0 Å². The summed E-state index contributed by atoms with van der Waals surface area (Å²) >= 11 is 0. The van der Waals surface area contributed by atoms with Crippen LogP contribution in [0.2, 0.25) is 0 Å². The minimum atomic E-state index is -0.757. The highest BCUT2D eigenvalue weighted by molar-refractivity contribution is 5.86. The number of rotatable bonds is 3. The lowest BCUT2D eigenvalue weighted by molar-refractivity contribution is 0.182. The van der Waals surface area contributed by atoms with E-state index in [2.05, 4.69) is 21.4 Å². The van der Waals surface area contributed by atoms with E-state index in [0.29, 0.717) is 22.5 Å². The second-order valence-corrected chi connectivity index (χ2v) is 4.77. The molecule has 21 heavy (non-hydrogen) atoms. The number of pyridine rings is 1. The lowest BCUT2D eigenvalue weighted by atomic mass is 10.1. The van der Waals surface area contributed by atoms with E-state index >= 15 is 0 Å². The molecule has 6 heteroatoms. The third-order valence-electron chi connectivity index (χ3n) is 3.17. The summed E-state index contributed by atoms with van der Waals surface area (Å²) in [7, 11) is 0. The van der Waals surface area contributed by atoms with Crippen LogP contribution in [0.25, 0.3) is 11.0 Å². The van der Waals surface area contributed by atoms with Crippen molar-refractivity contribution in [1.82, 2.24) is 14.7 Å². The van der Waals surface area contributed by atoms with Crippen molar-refractivity contribution in [3.8, 4) is 0 Å². The van der Waals surface area contributed by atoms with Crippen molar-refractivity contribution < 1.29 is 5.21 Å². The molecule has 0 amide bonds. The zero-order valence-electron chi connectivity index (χ0n) is 11.4. The summed E-state index contributed by atoms with van der Waals surface area (Å²) in [5, 5.41) is 13.4. The van der Waals surface area contributed by atoms with Crippen LogP contribution in [0.3, 0.4) is 0 Å². The SMILES string of the molecule is Cc1cccc(CNc2nc(=O)n(O)c3ncccc23)c1. The Labute approximate surface area is 120 Å². The number of nitrogens with zero attached hydrogens (tertiary/aromatic N) is 3. The second kappa shape index (κ2) is 5.24. The van der Waals surface area contributed by atoms with Crippen molar-refractivity contribution in [3.63, 3.8) is 0 Å². The average Bonchev–Trinajstić information content (AvgIpc) is 2.50. The fourth-order valence-corrected chi connectivity index (χ4v) is 2.19. The number of benzene rings is 1. The van der Waals surface area contributed by atoms with Gasteiger partial charge in [0, 0.05) is 12.7 Å². The summed E-state index contributed by atoms with van der Waals surface area (Å²) < 4.78 is 0.452. The number of hydrogen-bond donors (Lipinski definition) is 2. The molecule has 2 aromatic heterocycles. The highest BCUT2D eigenvalue weighted by Gasteiger charge is 2.10. The predicted octanol–water partition coefficient (Wildman–Crippen LogP) is 1.95. The maximum atomic E-state index is 11.6. The summed E-state index contributed by atoms with van der Waals surface area (Å²) in [5.74, 6) is 0.412. The summed E-state index contributed by atoms with van der Waals surface area (Å²) in [5.41, 5.74) is 1.68. The van der Waals surface area contributed by atoms with E-state index in [9.17, 15) is 10.0 Å². The molecule has 0 atom stereocenters. The van der Waals surface area contributed by atoms with Gasteiger partial charge in [-0.25, -0.2) is 9.78 Å². The van der Waals surface area contributed by atoms with Crippen molar-refractivity contribution in [2.45, 2.75) is 13.5 Å². The topological polar surface area (TPSA) is 80.0 Å². The van der Waals surface area contributed by atoms with Crippen molar-refractivity contribution in [2.24, 2.45) is 0 Å². The Morgan fingerprint density at radius 2 is 2.14 bits per heavy atom. The van der Waals surface area contributed by atoms with Gasteiger partial charge in [-0.15, -0.1) is 4.73 Å². The van der Waals surface area contributed by atoms with E-state index in [1.54, 1.807) is 12.1 Å². The molecule has 1 aromatic carbocycles. The fourth-order valence-electron chi connectivity index (χ4n) is 2.19. The minimum absolute atomic E-state index is 0.184. The predicted molar refractivity (Wildman–Crippen MR) is 79.5 cm³/mol. The number of nitrogens with one attached hydrogen (secondary N) is 1. The minimum Gasteiger partial charge on any atom is -0.422 e. The quantitative estimate of drug-likeness (QED) is 0.718. The molecule has 0 saturated carbocycles. The zero-order chi connectivity index (χ0) is 14.8. The second-order valence-electron chi connectivity index (χ2n) is 4.77. The van der Waals surface area contributed by atoms with Gasteiger partial charge in [0.05, 0.1) is 5.39 Å². The largest absolute Gasteiger partial charge is 0.422 e. The Balaban J connectivity index is 1.98. The van der Waals surface area contributed by atoms with Gasteiger partial charge < -0.3 is 10.5 Å². The molecule has 0 spiro atoms. The molecule has 3 aromatic rings. The maximum Gasteiger partial charge on any atom is 0.384 e. The Bertz CT molecular complexity index is 858. The van der Waals surface area contributed by atoms with Crippen LogP contribution in [0.15, 0.2) is 47.4 Å². The number of anilines is 1. The molecule has 0 fully saturated rings. The third kappa shape index (κ3) is 2.55. The standard InChI is InChI=1S/C15H14N4O2/c1-10-4-2-5-11(8-10)9-17-13-12-6-3-7-16-14(12)19(21)15(20)18-13/h2-8,21H,9H2,1H3,(H,17,18,20). The van der Waals surface area contributed by atoms with Crippen LogP contribution in [0.4, 0.5) is 5.82 Å². The Kier molecular flexibility index (Phi) is 3.27. The van der Waals surface area contributed by atoms with Gasteiger partial charge >= 0.3 is 5.69 Å². The number of hydrogen-bond acceptors (Lipinski definition) is 5. The van der Waals surface area contributed by atoms with Gasteiger partial charge in [-0.2, -0.15) is 4.98 Å². The molecule has 3 rings (SSSR count). The van der Waals surface area contributed by atoms with Gasteiger partial charge in [-0.1, -0.05) is 29.8 Å². The van der Waals surface area contributed by atoms with E-state index in [-0.39, 0.29) is 5.65 Å². The first kappa shape index (κ1) is 13.1. The van der Waals surface area contributed by atoms with E-state index in [4.69, 9.17) is 0 Å². The van der Waals surface area contributed by atoms with Crippen LogP contribution in [0, 0.1) is 6.92 Å². The van der Waals surface area contributed by atoms with E-state index < -0.39 is 5.69 Å². The smallest absolute Gasteiger partial charge is 0.384 e. The first-order chi connectivity index (χ1) is 10.1. The highest BCUT2D eigenvalue weighted by atomic mass is 16.5. The highest BCUT2D eigenvalue weighted by Crippen LogP contribution is 2.17. The van der Waals surface area contributed by atoms with E-state index in [1.165, 1.54) is 11.8 Å². The average molecular weight is 282 g/mol. The van der Waals surface area contributed by atoms with Crippen LogP contribution in [-0.4, -0.2) is 19.9 Å². The molecule has 0 aliphatic carbocycles. The summed E-state index contributed by atoms with van der Waals surface area (Å²) in [6.07, 6.45) is 1.51. The van der Waals surface area contributed by atoms with E-state index in [1.807, 2.05) is 25.1 Å². The van der Waals surface area contributed by atoms with Crippen LogP contribution in [0.5, 0.6) is 0 Å². The van der Waals surface area contributed by atoms with Gasteiger partial charge in [-0.3, -0.25) is 0 Å². The lowest BCUT2D eigenvalue weighted by Crippen LogP contribution is -2.23. The molecule has 2 heterocycles. The van der Waals surface area contributed by atoms with Crippen LogP contribution in [0.1, 0.15) is 11.1 Å². The van der Waals surface area contributed by atoms with Crippen molar-refractivity contribution >= 4 is 16.9 Å². The van der Waals surface area contributed by atoms with Crippen LogP contribution >= 0.6 is 0 Å². The fraction of sp³-hybridized carbons (Fsp3) is 0.133. The first-order valence-electron chi connectivity index (χ1n) is 6.51. The Morgan fingerprint density at radius 3 is 2.95 bits per heavy atom. The van der Waals surface area contributed by atoms with Gasteiger partial charge in [0.15, 0.2) is 5.65 Å². The normalized spacial score (nSPS) is 10.7. The maximum absolute atomic E-state index is 11.6. The van der Waals surface area contributed by atoms with Gasteiger partial charge in [-0.05, 0) is 24.6 Å². The Morgan fingerprint density at radius 1 is 1.29 bits per heavy atom. The molecule has 106 valence electrons. The zero-order valence-corrected chi connectivity index (χ0v) is 11.4. The van der Waals surface area contributed by atoms with Gasteiger partial charge in [0.1, 0.15) is 5.82 Å². The summed E-state index contributed by atoms with van der Waals surface area (Å²) in [4.78, 5) is 19.5. The molecule has 2 N–H and O–H groups in total. The molecular formula is C15H14N4O2. The molecule has 6 nitrogen and oxygen atoms in total. The van der Waals surface area contributed by atoms with Gasteiger partial charge in [0.2, 0.25) is 0 Å². The Hall–Kier alpha value is -2.89. The summed E-state index contributed by atoms with van der Waals surface area (Å²) in [6, 6.07) is 11.5. The molecule has 0 saturated heterocycles. The molecule has 0 unspecified atom stereocenters. The van der Waals surface area contributed by atoms with Crippen molar-refractivity contribution in [1.29, 1.82) is 0 Å².